The van der Waals surface area contributed by atoms with E-state index in [4.69, 9.17) is 4.74 Å². The van der Waals surface area contributed by atoms with E-state index >= 15 is 0 Å². The summed E-state index contributed by atoms with van der Waals surface area (Å²) in [5.74, 6) is 0. The number of rotatable bonds is 4. The molecule has 1 aromatic carbocycles. The summed E-state index contributed by atoms with van der Waals surface area (Å²) in [5, 5.41) is 3.54. The molecule has 2 aliphatic rings. The summed E-state index contributed by atoms with van der Waals surface area (Å²) in [6.07, 6.45) is 8.10. The van der Waals surface area contributed by atoms with Gasteiger partial charge in [-0.15, -0.1) is 0 Å². The van der Waals surface area contributed by atoms with Crippen molar-refractivity contribution in [3.8, 4) is 0 Å². The smallest absolute Gasteiger partial charge is 0.0699 e. The van der Waals surface area contributed by atoms with Gasteiger partial charge in [0, 0.05) is 19.7 Å². The van der Waals surface area contributed by atoms with E-state index in [1.54, 1.807) is 11.1 Å². The maximum absolute atomic E-state index is 5.73. The first-order chi connectivity index (χ1) is 8.92. The topological polar surface area (TPSA) is 21.3 Å². The Labute approximate surface area is 110 Å². The molecule has 98 valence electrons. The first-order valence-electron chi connectivity index (χ1n) is 7.35. The normalized spacial score (nSPS) is 23.0. The lowest BCUT2D eigenvalue weighted by Crippen LogP contribution is -2.31. The summed E-state index contributed by atoms with van der Waals surface area (Å²) >= 11 is 0. The van der Waals surface area contributed by atoms with Gasteiger partial charge in [-0.1, -0.05) is 18.2 Å². The molecule has 1 aromatic rings. The summed E-state index contributed by atoms with van der Waals surface area (Å²) in [5.41, 5.74) is 4.56. The second kappa shape index (κ2) is 5.85. The quantitative estimate of drug-likeness (QED) is 0.880. The molecule has 1 fully saturated rings. The lowest BCUT2D eigenvalue weighted by molar-refractivity contribution is 0.0168. The number of benzene rings is 1. The van der Waals surface area contributed by atoms with Crippen LogP contribution in [0.5, 0.6) is 0 Å². The molecule has 1 N–H and O–H groups in total. The van der Waals surface area contributed by atoms with Crippen molar-refractivity contribution in [1.29, 1.82) is 0 Å². The molecule has 2 nitrogen and oxygen atoms in total. The summed E-state index contributed by atoms with van der Waals surface area (Å²) in [7, 11) is 0. The Morgan fingerprint density at radius 1 is 1.11 bits per heavy atom. The van der Waals surface area contributed by atoms with Crippen molar-refractivity contribution < 1.29 is 4.74 Å². The van der Waals surface area contributed by atoms with Gasteiger partial charge in [0.25, 0.3) is 0 Å². The molecule has 3 rings (SSSR count). The lowest BCUT2D eigenvalue weighted by atomic mass is 10.1. The van der Waals surface area contributed by atoms with Crippen LogP contribution in [0.15, 0.2) is 18.2 Å². The fourth-order valence-electron chi connectivity index (χ4n) is 3.08. The Morgan fingerprint density at radius 3 is 2.94 bits per heavy atom. The average Bonchev–Trinajstić information content (AvgIpc) is 2.87. The van der Waals surface area contributed by atoms with E-state index < -0.39 is 0 Å². The summed E-state index contributed by atoms with van der Waals surface area (Å²) < 4.78 is 5.73. The maximum atomic E-state index is 5.73. The Balaban J connectivity index is 1.48. The van der Waals surface area contributed by atoms with E-state index in [0.29, 0.717) is 6.10 Å². The van der Waals surface area contributed by atoms with E-state index in [1.165, 1.54) is 44.1 Å². The van der Waals surface area contributed by atoms with E-state index in [-0.39, 0.29) is 0 Å². The van der Waals surface area contributed by atoms with Crippen LogP contribution in [0.3, 0.4) is 0 Å². The Kier molecular flexibility index (Phi) is 3.96. The highest BCUT2D eigenvalue weighted by atomic mass is 16.5. The van der Waals surface area contributed by atoms with Crippen LogP contribution in [0.2, 0.25) is 0 Å². The van der Waals surface area contributed by atoms with Gasteiger partial charge in [0.1, 0.15) is 0 Å². The molecule has 0 amide bonds. The van der Waals surface area contributed by atoms with Crippen molar-refractivity contribution >= 4 is 0 Å². The van der Waals surface area contributed by atoms with E-state index in [9.17, 15) is 0 Å². The van der Waals surface area contributed by atoms with Gasteiger partial charge in [-0.25, -0.2) is 0 Å². The third-order valence-electron chi connectivity index (χ3n) is 4.14. The van der Waals surface area contributed by atoms with Gasteiger partial charge in [-0.05, 0) is 55.2 Å². The van der Waals surface area contributed by atoms with Crippen LogP contribution in [0.1, 0.15) is 42.4 Å². The molecule has 0 spiro atoms. The number of nitrogens with one attached hydrogen (secondary N) is 1. The van der Waals surface area contributed by atoms with Crippen molar-refractivity contribution in [2.24, 2.45) is 0 Å². The molecule has 0 saturated carbocycles. The monoisotopic (exact) mass is 245 g/mol. The third-order valence-corrected chi connectivity index (χ3v) is 4.14. The molecule has 1 aliphatic heterocycles. The van der Waals surface area contributed by atoms with Crippen LogP contribution < -0.4 is 5.32 Å². The highest BCUT2D eigenvalue weighted by molar-refractivity contribution is 5.35. The molecule has 1 saturated heterocycles. The summed E-state index contributed by atoms with van der Waals surface area (Å²) in [4.78, 5) is 0. The first kappa shape index (κ1) is 12.2. The minimum atomic E-state index is 0.438. The number of aryl methyl sites for hydroxylation is 2. The van der Waals surface area contributed by atoms with Crippen molar-refractivity contribution in [2.45, 2.75) is 51.2 Å². The van der Waals surface area contributed by atoms with Crippen LogP contribution in [-0.4, -0.2) is 19.3 Å². The van der Waals surface area contributed by atoms with Gasteiger partial charge in [0.2, 0.25) is 0 Å². The SMILES string of the molecule is c1cc2c(cc1CNCC1CCCCO1)CCC2. The standard InChI is InChI=1S/C16H23NO/c1-2-9-18-16(6-1)12-17-11-13-7-8-14-4-3-5-15(14)10-13/h7-8,10,16-17H,1-6,9,11-12H2. The first-order valence-corrected chi connectivity index (χ1v) is 7.35. The van der Waals surface area contributed by atoms with E-state index in [2.05, 4.69) is 23.5 Å². The second-order valence-corrected chi connectivity index (χ2v) is 5.58. The van der Waals surface area contributed by atoms with Gasteiger partial charge in [0.05, 0.1) is 6.10 Å². The van der Waals surface area contributed by atoms with Gasteiger partial charge >= 0.3 is 0 Å². The van der Waals surface area contributed by atoms with Gasteiger partial charge in [-0.3, -0.25) is 0 Å². The molecule has 18 heavy (non-hydrogen) atoms. The van der Waals surface area contributed by atoms with Crippen LogP contribution >= 0.6 is 0 Å². The van der Waals surface area contributed by atoms with Crippen LogP contribution in [0, 0.1) is 0 Å². The predicted molar refractivity (Wildman–Crippen MR) is 73.8 cm³/mol. The number of fused-ring (bicyclic) bond motifs is 1. The zero-order chi connectivity index (χ0) is 12.2. The molecule has 0 radical (unpaired) electrons. The number of hydrogen-bond donors (Lipinski definition) is 1. The molecule has 1 unspecified atom stereocenters. The van der Waals surface area contributed by atoms with Gasteiger partial charge < -0.3 is 10.1 Å². The zero-order valence-corrected chi connectivity index (χ0v) is 11.1. The molecule has 0 bridgehead atoms. The van der Waals surface area contributed by atoms with Gasteiger partial charge in [0.15, 0.2) is 0 Å². The van der Waals surface area contributed by atoms with Crippen molar-refractivity contribution in [3.05, 3.63) is 34.9 Å². The Morgan fingerprint density at radius 2 is 2.06 bits per heavy atom. The fraction of sp³-hybridized carbons (Fsp3) is 0.625. The predicted octanol–water partition coefficient (Wildman–Crippen LogP) is 2.83. The van der Waals surface area contributed by atoms with Crippen LogP contribution in [-0.2, 0) is 24.1 Å². The molecule has 1 aliphatic carbocycles. The number of ether oxygens (including phenoxy) is 1. The maximum Gasteiger partial charge on any atom is 0.0699 e. The summed E-state index contributed by atoms with van der Waals surface area (Å²) in [6, 6.07) is 6.98. The molecular weight excluding hydrogens is 222 g/mol. The van der Waals surface area contributed by atoms with E-state index in [1.807, 2.05) is 0 Å². The largest absolute Gasteiger partial charge is 0.377 e. The highest BCUT2D eigenvalue weighted by Gasteiger charge is 2.13. The second-order valence-electron chi connectivity index (χ2n) is 5.58. The minimum absolute atomic E-state index is 0.438. The van der Waals surface area contributed by atoms with Crippen molar-refractivity contribution in [2.75, 3.05) is 13.2 Å². The summed E-state index contributed by atoms with van der Waals surface area (Å²) in [6.45, 7) is 2.93. The number of hydrogen-bond acceptors (Lipinski definition) is 2. The van der Waals surface area contributed by atoms with Crippen LogP contribution in [0.25, 0.3) is 0 Å². The molecule has 0 aromatic heterocycles. The Hall–Kier alpha value is -0.860. The minimum Gasteiger partial charge on any atom is -0.377 e. The fourth-order valence-corrected chi connectivity index (χ4v) is 3.08. The molecular formula is C16H23NO. The third kappa shape index (κ3) is 2.93. The Bertz CT molecular complexity index is 396. The molecule has 1 atom stereocenters. The van der Waals surface area contributed by atoms with Crippen LogP contribution in [0.4, 0.5) is 0 Å². The average molecular weight is 245 g/mol. The van der Waals surface area contributed by atoms with E-state index in [0.717, 1.165) is 19.7 Å². The zero-order valence-electron chi connectivity index (χ0n) is 11.1. The molecule has 2 heteroatoms. The molecule has 1 heterocycles. The van der Waals surface area contributed by atoms with Crippen molar-refractivity contribution in [3.63, 3.8) is 0 Å². The van der Waals surface area contributed by atoms with Crippen molar-refractivity contribution in [1.82, 2.24) is 5.32 Å². The lowest BCUT2D eigenvalue weighted by Gasteiger charge is -2.22. The van der Waals surface area contributed by atoms with Gasteiger partial charge in [-0.2, -0.15) is 0 Å². The highest BCUT2D eigenvalue weighted by Crippen LogP contribution is 2.22.